The maximum absolute atomic E-state index is 14.2. The third-order valence-electron chi connectivity index (χ3n) is 7.53. The number of benzene rings is 1. The second-order valence-corrected chi connectivity index (χ2v) is 10.9. The van der Waals surface area contributed by atoms with E-state index in [0.29, 0.717) is 31.0 Å². The van der Waals surface area contributed by atoms with E-state index in [9.17, 15) is 10.1 Å². The van der Waals surface area contributed by atoms with Crippen molar-refractivity contribution in [3.63, 3.8) is 0 Å². The molecule has 6 rings (SSSR count). The van der Waals surface area contributed by atoms with Crippen molar-refractivity contribution in [2.75, 3.05) is 13.2 Å². The summed E-state index contributed by atoms with van der Waals surface area (Å²) in [5, 5.41) is 14.1. The molecule has 1 aliphatic heterocycles. The summed E-state index contributed by atoms with van der Waals surface area (Å²) in [5.74, 6) is 0.128. The number of aromatic nitrogens is 4. The molecule has 1 saturated carbocycles. The summed E-state index contributed by atoms with van der Waals surface area (Å²) < 4.78 is 15.6. The van der Waals surface area contributed by atoms with Crippen LogP contribution in [0.5, 0.6) is 0 Å². The Bertz CT molecular complexity index is 1530. The highest BCUT2D eigenvalue weighted by molar-refractivity contribution is 7.15. The largest absolute Gasteiger partial charge is 0.348 e. The van der Waals surface area contributed by atoms with Crippen LogP contribution in [0.2, 0.25) is 0 Å². The van der Waals surface area contributed by atoms with Gasteiger partial charge in [-0.1, -0.05) is 31.5 Å². The zero-order chi connectivity index (χ0) is 25.4. The van der Waals surface area contributed by atoms with E-state index < -0.39 is 5.79 Å². The molecule has 0 bridgehead atoms. The van der Waals surface area contributed by atoms with Crippen LogP contribution in [0.3, 0.4) is 0 Å². The van der Waals surface area contributed by atoms with E-state index >= 15 is 0 Å². The predicted octanol–water partition coefficient (Wildman–Crippen LogP) is 4.89. The van der Waals surface area contributed by atoms with E-state index in [2.05, 4.69) is 29.1 Å². The number of hydrogen-bond donors (Lipinski definition) is 0. The van der Waals surface area contributed by atoms with Gasteiger partial charge in [-0.15, -0.1) is 11.3 Å². The highest BCUT2D eigenvalue weighted by Crippen LogP contribution is 2.40. The molecule has 1 aliphatic carbocycles. The molecule has 37 heavy (non-hydrogen) atoms. The first-order valence-corrected chi connectivity index (χ1v) is 13.8. The summed E-state index contributed by atoms with van der Waals surface area (Å²) in [7, 11) is 0. The normalized spacial score (nSPS) is 17.5. The molecule has 0 unspecified atom stereocenters. The Morgan fingerprint density at radius 3 is 2.70 bits per heavy atom. The van der Waals surface area contributed by atoms with E-state index in [1.165, 1.54) is 0 Å². The number of aryl methyl sites for hydroxylation is 1. The summed E-state index contributed by atoms with van der Waals surface area (Å²) in [6.45, 7) is 3.38. The Balaban J connectivity index is 1.39. The van der Waals surface area contributed by atoms with Gasteiger partial charge in [-0.3, -0.25) is 9.36 Å². The Kier molecular flexibility index (Phi) is 6.41. The molecule has 0 N–H and O–H groups in total. The second kappa shape index (κ2) is 9.86. The minimum Gasteiger partial charge on any atom is -0.348 e. The van der Waals surface area contributed by atoms with Gasteiger partial charge in [-0.25, -0.2) is 4.52 Å². The van der Waals surface area contributed by atoms with Crippen LogP contribution in [-0.4, -0.2) is 38.2 Å². The van der Waals surface area contributed by atoms with E-state index in [1.54, 1.807) is 17.7 Å². The fraction of sp³-hybridized carbons (Fsp3) is 0.429. The standard InChI is InChI=1S/C28H29N5O3S/c1-2-5-24-23(16-21-8-9-25(37-21)22-7-4-3-6-19(22)17-29)26(34)32(27-30-18-31-33(24)27)20-10-12-28(13-11-20)35-14-15-36-28/h3-4,6-9,18,20H,2,5,10-16H2,1H3. The van der Waals surface area contributed by atoms with Crippen molar-refractivity contribution < 1.29 is 9.47 Å². The number of hydrogen-bond acceptors (Lipinski definition) is 7. The lowest BCUT2D eigenvalue weighted by molar-refractivity contribution is -0.181. The lowest BCUT2D eigenvalue weighted by atomic mass is 9.89. The van der Waals surface area contributed by atoms with E-state index in [0.717, 1.165) is 65.1 Å². The molecule has 9 heteroatoms. The molecular weight excluding hydrogens is 486 g/mol. The van der Waals surface area contributed by atoms with Gasteiger partial charge in [-0.05, 0) is 37.5 Å². The molecule has 0 atom stereocenters. The zero-order valence-corrected chi connectivity index (χ0v) is 21.7. The molecule has 3 aromatic heterocycles. The molecule has 1 spiro atoms. The molecule has 8 nitrogen and oxygen atoms in total. The molecule has 2 aliphatic rings. The van der Waals surface area contributed by atoms with Crippen LogP contribution in [0.4, 0.5) is 0 Å². The zero-order valence-electron chi connectivity index (χ0n) is 20.9. The van der Waals surface area contributed by atoms with Gasteiger partial charge in [0.15, 0.2) is 5.79 Å². The minimum absolute atomic E-state index is 0.0190. The highest BCUT2D eigenvalue weighted by Gasteiger charge is 2.41. The topological polar surface area (TPSA) is 94.4 Å². The SMILES string of the molecule is CCCc1c(Cc2ccc(-c3ccccc3C#N)s2)c(=O)n(C2CCC3(CC2)OCCO3)c2ncnn12. The van der Waals surface area contributed by atoms with Crippen molar-refractivity contribution in [3.8, 4) is 16.5 Å². The van der Waals surface area contributed by atoms with Crippen LogP contribution in [0.1, 0.15) is 66.8 Å². The first-order valence-electron chi connectivity index (χ1n) is 12.9. The first-order chi connectivity index (χ1) is 18.1. The van der Waals surface area contributed by atoms with Gasteiger partial charge in [-0.2, -0.15) is 15.3 Å². The lowest BCUT2D eigenvalue weighted by Gasteiger charge is -2.36. The van der Waals surface area contributed by atoms with Gasteiger partial charge in [0.2, 0.25) is 5.78 Å². The molecule has 0 amide bonds. The lowest BCUT2D eigenvalue weighted by Crippen LogP contribution is -2.39. The Hall–Kier alpha value is -3.32. The van der Waals surface area contributed by atoms with Crippen molar-refractivity contribution in [1.82, 2.24) is 19.2 Å². The molecule has 0 radical (unpaired) electrons. The van der Waals surface area contributed by atoms with Crippen molar-refractivity contribution >= 4 is 17.1 Å². The average Bonchev–Trinajstić information content (AvgIpc) is 3.69. The summed E-state index contributed by atoms with van der Waals surface area (Å²) in [6.07, 6.45) is 6.84. The van der Waals surface area contributed by atoms with E-state index in [-0.39, 0.29) is 11.6 Å². The van der Waals surface area contributed by atoms with Crippen molar-refractivity contribution in [2.45, 2.75) is 63.7 Å². The van der Waals surface area contributed by atoms with Gasteiger partial charge in [0.25, 0.3) is 5.56 Å². The summed E-state index contributed by atoms with van der Waals surface area (Å²) >= 11 is 1.63. The van der Waals surface area contributed by atoms with E-state index in [4.69, 9.17) is 9.47 Å². The molecule has 190 valence electrons. The molecule has 1 aromatic carbocycles. The summed E-state index contributed by atoms with van der Waals surface area (Å²) in [4.78, 5) is 20.8. The molecular formula is C28H29N5O3S. The number of nitriles is 1. The third-order valence-corrected chi connectivity index (χ3v) is 8.65. The Morgan fingerprint density at radius 2 is 1.95 bits per heavy atom. The summed E-state index contributed by atoms with van der Waals surface area (Å²) in [5.41, 5.74) is 3.30. The molecule has 2 fully saturated rings. The number of ether oxygens (including phenoxy) is 2. The van der Waals surface area contributed by atoms with Crippen LogP contribution in [0, 0.1) is 11.3 Å². The molecule has 4 heterocycles. The van der Waals surface area contributed by atoms with Crippen LogP contribution in [0.15, 0.2) is 47.5 Å². The number of rotatable bonds is 6. The van der Waals surface area contributed by atoms with Gasteiger partial charge >= 0.3 is 0 Å². The van der Waals surface area contributed by atoms with Crippen LogP contribution in [-0.2, 0) is 22.3 Å². The maximum Gasteiger partial charge on any atom is 0.259 e. The summed E-state index contributed by atoms with van der Waals surface area (Å²) in [6, 6.07) is 14.0. The molecule has 1 saturated heterocycles. The average molecular weight is 516 g/mol. The van der Waals surface area contributed by atoms with Crippen LogP contribution < -0.4 is 5.56 Å². The van der Waals surface area contributed by atoms with Crippen LogP contribution in [0.25, 0.3) is 16.2 Å². The number of fused-ring (bicyclic) bond motifs is 1. The van der Waals surface area contributed by atoms with Gasteiger partial charge < -0.3 is 9.47 Å². The van der Waals surface area contributed by atoms with Crippen molar-refractivity contribution in [2.24, 2.45) is 0 Å². The number of nitrogens with zero attached hydrogens (tertiary/aromatic N) is 5. The first kappa shape index (κ1) is 24.0. The monoisotopic (exact) mass is 515 g/mol. The van der Waals surface area contributed by atoms with Crippen molar-refractivity contribution in [1.29, 1.82) is 5.26 Å². The van der Waals surface area contributed by atoms with Crippen LogP contribution >= 0.6 is 11.3 Å². The van der Waals surface area contributed by atoms with Gasteiger partial charge in [0, 0.05) is 46.2 Å². The van der Waals surface area contributed by atoms with Gasteiger partial charge in [0.05, 0.1) is 30.5 Å². The quantitative estimate of drug-likeness (QED) is 0.363. The van der Waals surface area contributed by atoms with Crippen molar-refractivity contribution in [3.05, 3.63) is 74.8 Å². The third kappa shape index (κ3) is 4.29. The van der Waals surface area contributed by atoms with Gasteiger partial charge in [0.1, 0.15) is 6.33 Å². The Morgan fingerprint density at radius 1 is 1.16 bits per heavy atom. The predicted molar refractivity (Wildman–Crippen MR) is 141 cm³/mol. The smallest absolute Gasteiger partial charge is 0.259 e. The fourth-order valence-electron chi connectivity index (χ4n) is 5.75. The second-order valence-electron chi connectivity index (χ2n) is 9.76. The fourth-order valence-corrected chi connectivity index (χ4v) is 6.81. The number of thiophene rings is 1. The highest BCUT2D eigenvalue weighted by atomic mass is 32.1. The maximum atomic E-state index is 14.2. The molecule has 4 aromatic rings. The minimum atomic E-state index is -0.484. The van der Waals surface area contributed by atoms with E-state index in [1.807, 2.05) is 39.4 Å². The Labute approximate surface area is 219 Å².